The Labute approximate surface area is 168 Å². The number of halogens is 1. The number of H-pyrrole nitrogens is 1. The molecule has 150 valence electrons. The first-order chi connectivity index (χ1) is 13.9. The Bertz CT molecular complexity index is 1120. The summed E-state index contributed by atoms with van der Waals surface area (Å²) in [5.74, 6) is 0.116. The molecule has 0 unspecified atom stereocenters. The fourth-order valence-electron chi connectivity index (χ4n) is 3.81. The Balaban J connectivity index is 1.48. The third-order valence-corrected chi connectivity index (χ3v) is 5.58. The van der Waals surface area contributed by atoms with Gasteiger partial charge >= 0.3 is 0 Å². The fraction of sp³-hybridized carbons (Fsp3) is 0.318. The van der Waals surface area contributed by atoms with Crippen molar-refractivity contribution in [3.05, 3.63) is 70.0 Å². The summed E-state index contributed by atoms with van der Waals surface area (Å²) in [5.41, 5.74) is 1.44. The molecule has 2 heterocycles. The second-order valence-corrected chi connectivity index (χ2v) is 7.39. The van der Waals surface area contributed by atoms with E-state index < -0.39 is 0 Å². The Morgan fingerprint density at radius 1 is 1.14 bits per heavy atom. The van der Waals surface area contributed by atoms with Crippen molar-refractivity contribution in [3.8, 4) is 0 Å². The van der Waals surface area contributed by atoms with Gasteiger partial charge in [-0.2, -0.15) is 0 Å². The smallest absolute Gasteiger partial charge is 0.258 e. The Morgan fingerprint density at radius 2 is 1.86 bits per heavy atom. The van der Waals surface area contributed by atoms with Gasteiger partial charge in [0.05, 0.1) is 22.6 Å². The van der Waals surface area contributed by atoms with Crippen molar-refractivity contribution in [1.29, 1.82) is 0 Å². The molecule has 3 aromatic rings. The molecule has 1 aromatic heterocycles. The molecular weight excluding hydrogens is 371 g/mol. The van der Waals surface area contributed by atoms with Crippen LogP contribution in [0.1, 0.15) is 36.1 Å². The average molecular weight is 394 g/mol. The minimum absolute atomic E-state index is 0.0561. The van der Waals surface area contributed by atoms with E-state index in [1.807, 2.05) is 30.0 Å². The van der Waals surface area contributed by atoms with Crippen LogP contribution in [-0.2, 0) is 0 Å². The second kappa shape index (κ2) is 7.75. The molecule has 4 rings (SSSR count). The van der Waals surface area contributed by atoms with Crippen LogP contribution in [0.3, 0.4) is 0 Å². The highest BCUT2D eigenvalue weighted by molar-refractivity contribution is 5.94. The lowest BCUT2D eigenvalue weighted by Gasteiger charge is -2.38. The summed E-state index contributed by atoms with van der Waals surface area (Å²) in [4.78, 5) is 35.5. The van der Waals surface area contributed by atoms with E-state index >= 15 is 0 Å². The largest absolute Gasteiger partial charge is 0.367 e. The molecule has 1 aliphatic rings. The highest BCUT2D eigenvalue weighted by Crippen LogP contribution is 2.25. The van der Waals surface area contributed by atoms with E-state index in [0.29, 0.717) is 54.2 Å². The standard InChI is InChI=1S/C22H23FN4O2/c1-14(21-24-19-6-4-3-5-17(19)22(29)25-21)26-9-11-27(12-10-26)20-8-7-16(15(2)28)13-18(20)23/h3-8,13-14H,9-12H2,1-2H3,(H,24,25,29)/t14-/m1/s1. The molecule has 1 fully saturated rings. The number of ketones is 1. The third kappa shape index (κ3) is 3.78. The summed E-state index contributed by atoms with van der Waals surface area (Å²) in [5, 5.41) is 0.581. The van der Waals surface area contributed by atoms with Crippen molar-refractivity contribution in [2.24, 2.45) is 0 Å². The summed E-state index contributed by atoms with van der Waals surface area (Å²) in [6, 6.07) is 11.9. The van der Waals surface area contributed by atoms with Crippen LogP contribution in [0, 0.1) is 5.82 Å². The van der Waals surface area contributed by atoms with E-state index in [9.17, 15) is 14.0 Å². The lowest BCUT2D eigenvalue weighted by atomic mass is 10.1. The van der Waals surface area contributed by atoms with Gasteiger partial charge in [0.15, 0.2) is 5.78 Å². The van der Waals surface area contributed by atoms with Gasteiger partial charge < -0.3 is 9.88 Å². The molecule has 2 aromatic carbocycles. The minimum Gasteiger partial charge on any atom is -0.367 e. The third-order valence-electron chi connectivity index (χ3n) is 5.58. The number of para-hydroxylation sites is 1. The summed E-state index contributed by atoms with van der Waals surface area (Å²) in [6.07, 6.45) is 0. The molecule has 1 atom stereocenters. The summed E-state index contributed by atoms with van der Waals surface area (Å²) < 4.78 is 14.5. The zero-order valence-corrected chi connectivity index (χ0v) is 16.5. The van der Waals surface area contributed by atoms with Gasteiger partial charge in [0, 0.05) is 31.7 Å². The lowest BCUT2D eigenvalue weighted by Crippen LogP contribution is -2.47. The van der Waals surface area contributed by atoms with Gasteiger partial charge in [0.1, 0.15) is 11.6 Å². The van der Waals surface area contributed by atoms with Crippen LogP contribution in [0.5, 0.6) is 0 Å². The van der Waals surface area contributed by atoms with E-state index in [2.05, 4.69) is 14.9 Å². The van der Waals surface area contributed by atoms with Crippen LogP contribution in [-0.4, -0.2) is 46.8 Å². The molecule has 0 radical (unpaired) electrons. The topological polar surface area (TPSA) is 69.3 Å². The maximum atomic E-state index is 14.5. The number of rotatable bonds is 4. The molecule has 7 heteroatoms. The first kappa shape index (κ1) is 19.3. The molecule has 0 spiro atoms. The van der Waals surface area contributed by atoms with Crippen LogP contribution < -0.4 is 10.5 Å². The molecule has 6 nitrogen and oxygen atoms in total. The number of piperazine rings is 1. The molecule has 0 bridgehead atoms. The van der Waals surface area contributed by atoms with Gasteiger partial charge in [-0.05, 0) is 44.2 Å². The van der Waals surface area contributed by atoms with Crippen LogP contribution in [0.2, 0.25) is 0 Å². The quantitative estimate of drug-likeness (QED) is 0.689. The van der Waals surface area contributed by atoms with Crippen molar-refractivity contribution in [1.82, 2.24) is 14.9 Å². The molecular formula is C22H23FN4O2. The first-order valence-electron chi connectivity index (χ1n) is 9.72. The van der Waals surface area contributed by atoms with Gasteiger partial charge in [0.2, 0.25) is 0 Å². The van der Waals surface area contributed by atoms with Crippen LogP contribution in [0.15, 0.2) is 47.3 Å². The number of nitrogens with one attached hydrogen (secondary N) is 1. The van der Waals surface area contributed by atoms with Crippen LogP contribution >= 0.6 is 0 Å². The molecule has 1 aliphatic heterocycles. The zero-order valence-electron chi connectivity index (χ0n) is 16.5. The Kier molecular flexibility index (Phi) is 5.15. The monoisotopic (exact) mass is 394 g/mol. The highest BCUT2D eigenvalue weighted by Gasteiger charge is 2.25. The predicted molar refractivity (Wildman–Crippen MR) is 111 cm³/mol. The number of anilines is 1. The van der Waals surface area contributed by atoms with Crippen LogP contribution in [0.4, 0.5) is 10.1 Å². The number of nitrogens with zero attached hydrogens (tertiary/aromatic N) is 3. The number of aromatic nitrogens is 2. The SMILES string of the molecule is CC(=O)c1ccc(N2CCN([C@H](C)c3nc4ccccc4c(=O)[nH]3)CC2)c(F)c1. The van der Waals surface area contributed by atoms with Gasteiger partial charge in [-0.25, -0.2) is 9.37 Å². The molecule has 0 saturated carbocycles. The van der Waals surface area contributed by atoms with Crippen molar-refractivity contribution >= 4 is 22.4 Å². The molecule has 0 aliphatic carbocycles. The lowest BCUT2D eigenvalue weighted by molar-refractivity contribution is 0.101. The second-order valence-electron chi connectivity index (χ2n) is 7.39. The van der Waals surface area contributed by atoms with E-state index in [1.165, 1.54) is 13.0 Å². The number of carbonyl (C=O) groups excluding carboxylic acids is 1. The molecule has 1 saturated heterocycles. The Morgan fingerprint density at radius 3 is 2.55 bits per heavy atom. The Hall–Kier alpha value is -3.06. The zero-order chi connectivity index (χ0) is 20.5. The summed E-state index contributed by atoms with van der Waals surface area (Å²) in [6.45, 7) is 6.18. The number of hydrogen-bond acceptors (Lipinski definition) is 5. The number of fused-ring (bicyclic) bond motifs is 1. The predicted octanol–water partition coefficient (Wildman–Crippen LogP) is 3.15. The van der Waals surface area contributed by atoms with Crippen molar-refractivity contribution in [2.45, 2.75) is 19.9 Å². The minimum atomic E-state index is -0.375. The van der Waals surface area contributed by atoms with Crippen molar-refractivity contribution in [2.75, 3.05) is 31.1 Å². The number of hydrogen-bond donors (Lipinski definition) is 1. The van der Waals surface area contributed by atoms with E-state index in [1.54, 1.807) is 18.2 Å². The van der Waals surface area contributed by atoms with Gasteiger partial charge in [-0.1, -0.05) is 12.1 Å². The molecule has 29 heavy (non-hydrogen) atoms. The fourth-order valence-corrected chi connectivity index (χ4v) is 3.81. The number of aromatic amines is 1. The van der Waals surface area contributed by atoms with Gasteiger partial charge in [-0.15, -0.1) is 0 Å². The van der Waals surface area contributed by atoms with Gasteiger partial charge in [0.25, 0.3) is 5.56 Å². The molecule has 0 amide bonds. The first-order valence-corrected chi connectivity index (χ1v) is 9.72. The van der Waals surface area contributed by atoms with Crippen molar-refractivity contribution in [3.63, 3.8) is 0 Å². The average Bonchev–Trinajstić information content (AvgIpc) is 2.73. The number of Topliss-reactive ketones (excluding diaryl/α,β-unsaturated/α-hetero) is 1. The maximum Gasteiger partial charge on any atom is 0.258 e. The maximum absolute atomic E-state index is 14.5. The van der Waals surface area contributed by atoms with E-state index in [0.717, 1.165) is 0 Å². The number of carbonyl (C=O) groups is 1. The van der Waals surface area contributed by atoms with Crippen LogP contribution in [0.25, 0.3) is 10.9 Å². The van der Waals surface area contributed by atoms with E-state index in [4.69, 9.17) is 0 Å². The molecule has 1 N–H and O–H groups in total. The normalized spacial score (nSPS) is 16.2. The van der Waals surface area contributed by atoms with Crippen molar-refractivity contribution < 1.29 is 9.18 Å². The highest BCUT2D eigenvalue weighted by atomic mass is 19.1. The number of benzene rings is 2. The van der Waals surface area contributed by atoms with Gasteiger partial charge in [-0.3, -0.25) is 14.5 Å². The van der Waals surface area contributed by atoms with E-state index in [-0.39, 0.29) is 23.2 Å². The summed E-state index contributed by atoms with van der Waals surface area (Å²) in [7, 11) is 0. The summed E-state index contributed by atoms with van der Waals surface area (Å²) >= 11 is 0.